The van der Waals surface area contributed by atoms with Crippen LogP contribution >= 0.6 is 22.9 Å². The fraction of sp³-hybridized carbons (Fsp3) is 0.320. The quantitative estimate of drug-likeness (QED) is 0.510. The number of anilines is 1. The lowest BCUT2D eigenvalue weighted by molar-refractivity contribution is -0.225. The third-order valence-electron chi connectivity index (χ3n) is 6.01. The Labute approximate surface area is 206 Å². The maximum Gasteiger partial charge on any atom is 0.309 e. The van der Waals surface area contributed by atoms with Gasteiger partial charge in [0.25, 0.3) is 5.79 Å². The minimum absolute atomic E-state index is 0.00504. The van der Waals surface area contributed by atoms with Crippen LogP contribution in [-0.4, -0.2) is 30.0 Å². The topological polar surface area (TPSA) is 89.6 Å². The summed E-state index contributed by atoms with van der Waals surface area (Å²) >= 11 is 8.23. The molecule has 2 aliphatic heterocycles. The zero-order chi connectivity index (χ0) is 23.7. The van der Waals surface area contributed by atoms with Gasteiger partial charge in [0.1, 0.15) is 0 Å². The van der Waals surface area contributed by atoms with Gasteiger partial charge in [0.05, 0.1) is 40.8 Å². The smallest absolute Gasteiger partial charge is 0.309 e. The largest absolute Gasteiger partial charge is 0.416 e. The van der Waals surface area contributed by atoms with Crippen LogP contribution in [0, 0.1) is 6.92 Å². The normalized spacial score (nSPS) is 17.4. The molecule has 3 heterocycles. The second kappa shape index (κ2) is 9.37. The Morgan fingerprint density at radius 2 is 1.82 bits per heavy atom. The number of aryl methyl sites for hydroxylation is 1. The summed E-state index contributed by atoms with van der Waals surface area (Å²) in [6.07, 6.45) is 0.646. The number of rotatable bonds is 4. The second-order valence-electron chi connectivity index (χ2n) is 8.38. The maximum atomic E-state index is 12.3. The number of hydrogen-bond acceptors (Lipinski definition) is 8. The summed E-state index contributed by atoms with van der Waals surface area (Å²) in [5, 5.41) is 10.3. The first-order valence-electron chi connectivity index (χ1n) is 11.1. The van der Waals surface area contributed by atoms with Gasteiger partial charge in [-0.15, -0.1) is 11.3 Å². The zero-order valence-corrected chi connectivity index (χ0v) is 20.2. The number of carbonyl (C=O) groups excluding carboxylic acids is 2. The molecule has 0 atom stereocenters. The molecule has 0 saturated carbocycles. The Morgan fingerprint density at radius 3 is 2.50 bits per heavy atom. The van der Waals surface area contributed by atoms with Crippen LogP contribution in [0.3, 0.4) is 0 Å². The van der Waals surface area contributed by atoms with Gasteiger partial charge in [-0.25, -0.2) is 4.98 Å². The van der Waals surface area contributed by atoms with Crippen LogP contribution in [0.15, 0.2) is 41.8 Å². The Balaban J connectivity index is 1.43. The number of halogens is 1. The lowest BCUT2D eigenvalue weighted by Crippen LogP contribution is -2.43. The van der Waals surface area contributed by atoms with Crippen LogP contribution in [0.25, 0.3) is 11.3 Å². The molecule has 2 N–H and O–H groups in total. The van der Waals surface area contributed by atoms with E-state index in [9.17, 15) is 9.59 Å². The molecule has 0 amide bonds. The highest BCUT2D eigenvalue weighted by atomic mass is 35.5. The Bertz CT molecular complexity index is 1220. The molecule has 0 aliphatic carbocycles. The van der Waals surface area contributed by atoms with Gasteiger partial charge >= 0.3 is 11.9 Å². The monoisotopic (exact) mass is 497 g/mol. The molecule has 0 unspecified atom stereocenters. The van der Waals surface area contributed by atoms with Crippen LogP contribution in [0.1, 0.15) is 34.5 Å². The van der Waals surface area contributed by atoms with Gasteiger partial charge in [0, 0.05) is 23.1 Å². The van der Waals surface area contributed by atoms with Crippen LogP contribution in [0.5, 0.6) is 0 Å². The van der Waals surface area contributed by atoms with Crippen molar-refractivity contribution in [2.75, 3.05) is 18.4 Å². The van der Waals surface area contributed by atoms with Crippen molar-refractivity contribution in [2.24, 2.45) is 0 Å². The predicted octanol–water partition coefficient (Wildman–Crippen LogP) is 4.56. The summed E-state index contributed by atoms with van der Waals surface area (Å²) in [5.74, 6) is -2.41. The van der Waals surface area contributed by atoms with Crippen molar-refractivity contribution in [3.8, 4) is 11.3 Å². The Kier molecular flexibility index (Phi) is 6.29. The third kappa shape index (κ3) is 4.53. The van der Waals surface area contributed by atoms with Crippen LogP contribution in [0.2, 0.25) is 5.02 Å². The van der Waals surface area contributed by atoms with E-state index in [1.807, 2.05) is 6.92 Å². The highest BCUT2D eigenvalue weighted by Gasteiger charge is 2.45. The summed E-state index contributed by atoms with van der Waals surface area (Å²) in [6.45, 7) is 3.36. The van der Waals surface area contributed by atoms with Gasteiger partial charge in [-0.1, -0.05) is 35.9 Å². The van der Waals surface area contributed by atoms with E-state index in [0.29, 0.717) is 30.1 Å². The number of hydrogen-bond donors (Lipinski definition) is 2. The molecule has 176 valence electrons. The number of benzene rings is 2. The number of fused-ring (bicyclic) bond motifs is 2. The molecule has 0 radical (unpaired) electrons. The van der Waals surface area contributed by atoms with Crippen molar-refractivity contribution >= 4 is 40.6 Å². The highest BCUT2D eigenvalue weighted by Crippen LogP contribution is 2.40. The lowest BCUT2D eigenvalue weighted by Gasteiger charge is -2.32. The first-order valence-corrected chi connectivity index (χ1v) is 12.4. The molecule has 9 heteroatoms. The summed E-state index contributed by atoms with van der Waals surface area (Å²) in [5.41, 5.74) is 5.39. The number of esters is 2. The molecular formula is C25H24ClN3O4S. The molecule has 7 nitrogen and oxygen atoms in total. The van der Waals surface area contributed by atoms with Crippen molar-refractivity contribution in [3.63, 3.8) is 0 Å². The van der Waals surface area contributed by atoms with E-state index in [1.54, 1.807) is 23.5 Å². The molecule has 1 spiro atoms. The third-order valence-corrected chi connectivity index (χ3v) is 7.10. The molecule has 34 heavy (non-hydrogen) atoms. The minimum Gasteiger partial charge on any atom is -0.416 e. The molecule has 2 aliphatic rings. The van der Waals surface area contributed by atoms with Gasteiger partial charge < -0.3 is 20.1 Å². The van der Waals surface area contributed by atoms with E-state index in [-0.39, 0.29) is 19.4 Å². The highest BCUT2D eigenvalue weighted by molar-refractivity contribution is 7.09. The van der Waals surface area contributed by atoms with Crippen molar-refractivity contribution in [2.45, 2.75) is 38.5 Å². The van der Waals surface area contributed by atoms with Gasteiger partial charge in [-0.3, -0.25) is 9.59 Å². The predicted molar refractivity (Wildman–Crippen MR) is 131 cm³/mol. The number of nitrogens with zero attached hydrogens (tertiary/aromatic N) is 1. The fourth-order valence-electron chi connectivity index (χ4n) is 4.35. The van der Waals surface area contributed by atoms with Gasteiger partial charge in [-0.2, -0.15) is 0 Å². The van der Waals surface area contributed by atoms with Gasteiger partial charge in [0.15, 0.2) is 0 Å². The standard InChI is InChI=1S/C25H24ClN3O4S/c1-15-29-21(13-34-15)17-4-2-16(3-5-17)12-28-24-18-10-11-27-14-25(19(18)6-7-20(24)26)32-22(30)8-9-23(31)33-25/h2-7,13,27-28H,8-12,14H2,1H3. The average molecular weight is 498 g/mol. The molecule has 0 bridgehead atoms. The molecule has 2 aromatic carbocycles. The van der Waals surface area contributed by atoms with E-state index in [1.165, 1.54) is 0 Å². The fourth-order valence-corrected chi connectivity index (χ4v) is 5.21. The van der Waals surface area contributed by atoms with E-state index in [4.69, 9.17) is 21.1 Å². The second-order valence-corrected chi connectivity index (χ2v) is 9.85. The summed E-state index contributed by atoms with van der Waals surface area (Å²) < 4.78 is 11.4. The molecule has 3 aromatic rings. The Hall–Kier alpha value is -2.94. The van der Waals surface area contributed by atoms with Crippen molar-refractivity contribution < 1.29 is 19.1 Å². The number of nitrogens with one attached hydrogen (secondary N) is 2. The zero-order valence-electron chi connectivity index (χ0n) is 18.7. The molecule has 1 saturated heterocycles. The van der Waals surface area contributed by atoms with E-state index < -0.39 is 17.7 Å². The van der Waals surface area contributed by atoms with E-state index in [2.05, 4.69) is 45.3 Å². The van der Waals surface area contributed by atoms with Crippen LogP contribution in [0.4, 0.5) is 5.69 Å². The SMILES string of the molecule is Cc1nc(-c2ccc(CNc3c(Cl)ccc4c3CCNCC43OC(=O)CCC(=O)O3)cc2)cs1. The minimum atomic E-state index is -1.50. The van der Waals surface area contributed by atoms with E-state index >= 15 is 0 Å². The first-order chi connectivity index (χ1) is 16.4. The molecular weight excluding hydrogens is 474 g/mol. The van der Waals surface area contributed by atoms with Crippen LogP contribution < -0.4 is 10.6 Å². The molecule has 5 rings (SSSR count). The van der Waals surface area contributed by atoms with Crippen LogP contribution in [-0.2, 0) is 37.8 Å². The summed E-state index contributed by atoms with van der Waals surface area (Å²) in [6, 6.07) is 11.8. The number of ether oxygens (including phenoxy) is 2. The first kappa shape index (κ1) is 22.8. The number of carbonyl (C=O) groups is 2. The van der Waals surface area contributed by atoms with Crippen molar-refractivity contribution in [1.29, 1.82) is 0 Å². The Morgan fingerprint density at radius 1 is 1.09 bits per heavy atom. The van der Waals surface area contributed by atoms with Crippen molar-refractivity contribution in [3.05, 3.63) is 68.5 Å². The number of thiazole rings is 1. The maximum absolute atomic E-state index is 12.3. The van der Waals surface area contributed by atoms with Gasteiger partial charge in [-0.05, 0) is 43.1 Å². The lowest BCUT2D eigenvalue weighted by atomic mass is 9.96. The average Bonchev–Trinajstić information content (AvgIpc) is 3.10. The summed E-state index contributed by atoms with van der Waals surface area (Å²) in [4.78, 5) is 29.1. The number of aromatic nitrogens is 1. The summed E-state index contributed by atoms with van der Waals surface area (Å²) in [7, 11) is 0. The molecule has 1 fully saturated rings. The van der Waals surface area contributed by atoms with E-state index in [0.717, 1.165) is 33.1 Å². The molecule has 1 aromatic heterocycles. The van der Waals surface area contributed by atoms with Gasteiger partial charge in [0.2, 0.25) is 0 Å². The van der Waals surface area contributed by atoms with Crippen molar-refractivity contribution in [1.82, 2.24) is 10.3 Å².